The summed E-state index contributed by atoms with van der Waals surface area (Å²) in [4.78, 5) is 0. The maximum atomic E-state index is 13.0. The Balaban J connectivity index is 2.26. The van der Waals surface area contributed by atoms with Crippen molar-refractivity contribution in [3.63, 3.8) is 0 Å². The van der Waals surface area contributed by atoms with E-state index in [4.69, 9.17) is 10.5 Å². The van der Waals surface area contributed by atoms with E-state index in [1.807, 2.05) is 12.1 Å². The molecule has 1 unspecified atom stereocenters. The van der Waals surface area contributed by atoms with Crippen LogP contribution in [0.1, 0.15) is 29.7 Å². The van der Waals surface area contributed by atoms with Crippen molar-refractivity contribution in [2.45, 2.75) is 13.0 Å². The Morgan fingerprint density at radius 1 is 1.10 bits per heavy atom. The third kappa shape index (κ3) is 3.10. The van der Waals surface area contributed by atoms with Crippen molar-refractivity contribution in [2.24, 2.45) is 0 Å². The average Bonchev–Trinajstić information content (AvgIpc) is 2.46. The number of anilines is 1. The first-order valence-corrected chi connectivity index (χ1v) is 6.24. The molecule has 2 aromatic rings. The molecule has 0 saturated heterocycles. The second-order valence-electron chi connectivity index (χ2n) is 4.55. The van der Waals surface area contributed by atoms with Gasteiger partial charge in [0.2, 0.25) is 0 Å². The van der Waals surface area contributed by atoms with Crippen molar-refractivity contribution in [1.29, 1.82) is 10.5 Å². The van der Waals surface area contributed by atoms with Crippen LogP contribution in [0.15, 0.2) is 36.4 Å². The molecule has 0 aromatic heterocycles. The van der Waals surface area contributed by atoms with E-state index in [1.165, 1.54) is 12.1 Å². The van der Waals surface area contributed by atoms with Crippen LogP contribution in [-0.2, 0) is 0 Å². The lowest BCUT2D eigenvalue weighted by Gasteiger charge is -2.17. The highest BCUT2D eigenvalue weighted by Crippen LogP contribution is 2.28. The normalized spacial score (nSPS) is 11.2. The van der Waals surface area contributed by atoms with Crippen molar-refractivity contribution < 1.29 is 9.50 Å². The van der Waals surface area contributed by atoms with Crippen LogP contribution in [-0.4, -0.2) is 5.11 Å². The zero-order valence-electron chi connectivity index (χ0n) is 11.3. The van der Waals surface area contributed by atoms with Gasteiger partial charge in [0.15, 0.2) is 0 Å². The van der Waals surface area contributed by atoms with Gasteiger partial charge in [0.25, 0.3) is 0 Å². The quantitative estimate of drug-likeness (QED) is 0.903. The summed E-state index contributed by atoms with van der Waals surface area (Å²) in [7, 11) is 0. The number of rotatable bonds is 3. The van der Waals surface area contributed by atoms with Gasteiger partial charge in [-0.1, -0.05) is 6.07 Å². The van der Waals surface area contributed by atoms with Gasteiger partial charge in [-0.05, 0) is 31.2 Å². The summed E-state index contributed by atoms with van der Waals surface area (Å²) < 4.78 is 13.0. The minimum absolute atomic E-state index is 0.135. The van der Waals surface area contributed by atoms with Crippen LogP contribution in [0.3, 0.4) is 0 Å². The van der Waals surface area contributed by atoms with Crippen LogP contribution in [0, 0.1) is 28.5 Å². The molecule has 104 valence electrons. The second-order valence-corrected chi connectivity index (χ2v) is 4.55. The number of benzene rings is 2. The minimum Gasteiger partial charge on any atom is -0.507 e. The minimum atomic E-state index is -0.506. The highest BCUT2D eigenvalue weighted by atomic mass is 19.1. The first kappa shape index (κ1) is 14.4. The van der Waals surface area contributed by atoms with Crippen LogP contribution in [0.2, 0.25) is 0 Å². The standard InChI is InChI=1S/C16H12FN3O/c1-10(15-5-3-13(17)7-16(15)21)20-14-4-2-11(8-18)12(6-14)9-19/h2-7,10,20-21H,1H3. The zero-order chi connectivity index (χ0) is 15.4. The van der Waals surface area contributed by atoms with Gasteiger partial charge in [-0.25, -0.2) is 4.39 Å². The monoisotopic (exact) mass is 281 g/mol. The average molecular weight is 281 g/mol. The number of phenolic OH excluding ortho intramolecular Hbond substituents is 1. The Morgan fingerprint density at radius 3 is 2.43 bits per heavy atom. The molecule has 5 heteroatoms. The molecule has 0 radical (unpaired) electrons. The topological polar surface area (TPSA) is 79.8 Å². The largest absolute Gasteiger partial charge is 0.507 e. The Labute approximate surface area is 121 Å². The highest BCUT2D eigenvalue weighted by molar-refractivity contribution is 5.57. The number of hydrogen-bond donors (Lipinski definition) is 2. The maximum absolute atomic E-state index is 13.0. The molecule has 0 spiro atoms. The van der Waals surface area contributed by atoms with Gasteiger partial charge in [-0.15, -0.1) is 0 Å². The fourth-order valence-electron chi connectivity index (χ4n) is 2.03. The van der Waals surface area contributed by atoms with Gasteiger partial charge in [0, 0.05) is 17.3 Å². The lowest BCUT2D eigenvalue weighted by atomic mass is 10.1. The molecule has 0 fully saturated rings. The van der Waals surface area contributed by atoms with Gasteiger partial charge < -0.3 is 10.4 Å². The smallest absolute Gasteiger partial charge is 0.126 e. The van der Waals surface area contributed by atoms with E-state index in [9.17, 15) is 9.50 Å². The molecule has 0 saturated carbocycles. The van der Waals surface area contributed by atoms with Gasteiger partial charge in [0.05, 0.1) is 17.2 Å². The SMILES string of the molecule is CC(Nc1ccc(C#N)c(C#N)c1)c1ccc(F)cc1O. The van der Waals surface area contributed by atoms with Crippen LogP contribution < -0.4 is 5.32 Å². The van der Waals surface area contributed by atoms with Gasteiger partial charge in [-0.2, -0.15) is 10.5 Å². The summed E-state index contributed by atoms with van der Waals surface area (Å²) in [6, 6.07) is 12.2. The second kappa shape index (κ2) is 5.94. The molecule has 0 aliphatic carbocycles. The molecule has 0 aliphatic heterocycles. The van der Waals surface area contributed by atoms with E-state index in [0.29, 0.717) is 16.8 Å². The van der Waals surface area contributed by atoms with Crippen LogP contribution in [0.25, 0.3) is 0 Å². The fraction of sp³-hybridized carbons (Fsp3) is 0.125. The van der Waals surface area contributed by atoms with Crippen LogP contribution >= 0.6 is 0 Å². The number of nitriles is 2. The fourth-order valence-corrected chi connectivity index (χ4v) is 2.03. The summed E-state index contributed by atoms with van der Waals surface area (Å²) >= 11 is 0. The van der Waals surface area contributed by atoms with E-state index in [1.54, 1.807) is 25.1 Å². The highest BCUT2D eigenvalue weighted by Gasteiger charge is 2.12. The summed E-state index contributed by atoms with van der Waals surface area (Å²) in [5.74, 6) is -0.641. The first-order chi connectivity index (χ1) is 10.0. The van der Waals surface area contributed by atoms with Gasteiger partial charge in [0.1, 0.15) is 23.7 Å². The molecule has 4 nitrogen and oxygen atoms in total. The first-order valence-electron chi connectivity index (χ1n) is 6.24. The number of phenols is 1. The van der Waals surface area contributed by atoms with Crippen molar-refractivity contribution >= 4 is 5.69 Å². The third-order valence-corrected chi connectivity index (χ3v) is 3.10. The Kier molecular flexibility index (Phi) is 4.06. The molecule has 2 aromatic carbocycles. The molecular formula is C16H12FN3O. The number of hydrogen-bond acceptors (Lipinski definition) is 4. The molecule has 2 N–H and O–H groups in total. The summed E-state index contributed by atoms with van der Waals surface area (Å²) in [6.07, 6.45) is 0. The molecule has 0 bridgehead atoms. The molecule has 0 amide bonds. The van der Waals surface area contributed by atoms with E-state index < -0.39 is 5.82 Å². The van der Waals surface area contributed by atoms with E-state index in [-0.39, 0.29) is 17.4 Å². The number of aromatic hydroxyl groups is 1. The predicted molar refractivity (Wildman–Crippen MR) is 76.0 cm³/mol. The van der Waals surface area contributed by atoms with Crippen molar-refractivity contribution in [3.8, 4) is 17.9 Å². The molecule has 2 rings (SSSR count). The van der Waals surface area contributed by atoms with E-state index in [0.717, 1.165) is 6.07 Å². The lowest BCUT2D eigenvalue weighted by Crippen LogP contribution is -2.07. The summed E-state index contributed by atoms with van der Waals surface area (Å²) in [5.41, 5.74) is 1.76. The van der Waals surface area contributed by atoms with Crippen LogP contribution in [0.4, 0.5) is 10.1 Å². The molecule has 1 atom stereocenters. The van der Waals surface area contributed by atoms with Crippen molar-refractivity contribution in [2.75, 3.05) is 5.32 Å². The number of halogens is 1. The maximum Gasteiger partial charge on any atom is 0.126 e. The van der Waals surface area contributed by atoms with Crippen molar-refractivity contribution in [1.82, 2.24) is 0 Å². The van der Waals surface area contributed by atoms with E-state index >= 15 is 0 Å². The van der Waals surface area contributed by atoms with Gasteiger partial charge >= 0.3 is 0 Å². The molecular weight excluding hydrogens is 269 g/mol. The number of nitrogens with zero attached hydrogens (tertiary/aromatic N) is 2. The lowest BCUT2D eigenvalue weighted by molar-refractivity contribution is 0.459. The molecule has 0 heterocycles. The Hall–Kier alpha value is -3.05. The van der Waals surface area contributed by atoms with Crippen LogP contribution in [0.5, 0.6) is 5.75 Å². The third-order valence-electron chi connectivity index (χ3n) is 3.10. The van der Waals surface area contributed by atoms with E-state index in [2.05, 4.69) is 5.32 Å². The number of nitrogens with one attached hydrogen (secondary N) is 1. The molecule has 21 heavy (non-hydrogen) atoms. The Bertz CT molecular complexity index is 759. The Morgan fingerprint density at radius 2 is 1.81 bits per heavy atom. The van der Waals surface area contributed by atoms with Gasteiger partial charge in [-0.3, -0.25) is 0 Å². The summed E-state index contributed by atoms with van der Waals surface area (Å²) in [5, 5.41) is 30.7. The molecule has 0 aliphatic rings. The zero-order valence-corrected chi connectivity index (χ0v) is 11.3. The van der Waals surface area contributed by atoms with Crippen molar-refractivity contribution in [3.05, 3.63) is 58.9 Å². The predicted octanol–water partition coefficient (Wildman–Crippen LogP) is 3.45. The summed E-state index contributed by atoms with van der Waals surface area (Å²) in [6.45, 7) is 1.80.